The standard InChI is InChI=1S/C17H18N2O4S2/c1-11(2)17-18-13(10-24-17)9-19(3)25(21,22)14-5-6-15-12(8-14)4-7-16(20)23-15/h4-8,10-11H,9H2,1-3H3. The summed E-state index contributed by atoms with van der Waals surface area (Å²) in [4.78, 5) is 15.9. The zero-order chi connectivity index (χ0) is 18.2. The van der Waals surface area contributed by atoms with Crippen molar-refractivity contribution in [3.05, 3.63) is 56.8 Å². The molecule has 6 nitrogen and oxygen atoms in total. The van der Waals surface area contributed by atoms with Crippen LogP contribution in [-0.4, -0.2) is 24.8 Å². The van der Waals surface area contributed by atoms with Crippen LogP contribution < -0.4 is 5.63 Å². The first-order valence-electron chi connectivity index (χ1n) is 7.72. The maximum atomic E-state index is 12.8. The molecule has 8 heteroatoms. The molecule has 0 unspecified atom stereocenters. The van der Waals surface area contributed by atoms with Crippen molar-refractivity contribution in [1.29, 1.82) is 0 Å². The first-order valence-corrected chi connectivity index (χ1v) is 10.0. The third-order valence-corrected chi connectivity index (χ3v) is 6.74. The van der Waals surface area contributed by atoms with Crippen molar-refractivity contribution in [2.75, 3.05) is 7.05 Å². The molecule has 0 aliphatic rings. The smallest absolute Gasteiger partial charge is 0.336 e. The summed E-state index contributed by atoms with van der Waals surface area (Å²) < 4.78 is 31.9. The van der Waals surface area contributed by atoms with Crippen molar-refractivity contribution in [3.63, 3.8) is 0 Å². The fourth-order valence-electron chi connectivity index (χ4n) is 2.36. The maximum Gasteiger partial charge on any atom is 0.336 e. The Kier molecular flexibility index (Phi) is 4.77. The van der Waals surface area contributed by atoms with Gasteiger partial charge in [0.05, 0.1) is 22.1 Å². The summed E-state index contributed by atoms with van der Waals surface area (Å²) in [5.74, 6) is 0.316. The van der Waals surface area contributed by atoms with E-state index in [0.29, 0.717) is 16.9 Å². The molecule has 0 aliphatic carbocycles. The molecule has 0 atom stereocenters. The molecule has 0 saturated heterocycles. The van der Waals surface area contributed by atoms with Crippen LogP contribution in [0.25, 0.3) is 11.0 Å². The average molecular weight is 378 g/mol. The minimum atomic E-state index is -3.67. The largest absolute Gasteiger partial charge is 0.423 e. The quantitative estimate of drug-likeness (QED) is 0.637. The first-order chi connectivity index (χ1) is 11.8. The van der Waals surface area contributed by atoms with Crippen molar-refractivity contribution < 1.29 is 12.8 Å². The van der Waals surface area contributed by atoms with E-state index >= 15 is 0 Å². The fraction of sp³-hybridized carbons (Fsp3) is 0.294. The number of hydrogen-bond acceptors (Lipinski definition) is 6. The second-order valence-electron chi connectivity index (χ2n) is 6.05. The number of nitrogens with zero attached hydrogens (tertiary/aromatic N) is 2. The molecular formula is C17H18N2O4S2. The van der Waals surface area contributed by atoms with Gasteiger partial charge in [0, 0.05) is 29.8 Å². The van der Waals surface area contributed by atoms with Crippen LogP contribution in [0.2, 0.25) is 0 Å². The number of thiazole rings is 1. The van der Waals surface area contributed by atoms with E-state index in [0.717, 1.165) is 10.7 Å². The van der Waals surface area contributed by atoms with Crippen LogP contribution in [0.15, 0.2) is 49.8 Å². The third kappa shape index (κ3) is 3.65. The molecule has 2 heterocycles. The highest BCUT2D eigenvalue weighted by molar-refractivity contribution is 7.89. The molecule has 1 aromatic carbocycles. The Morgan fingerprint density at radius 1 is 1.24 bits per heavy atom. The van der Waals surface area contributed by atoms with E-state index in [9.17, 15) is 13.2 Å². The molecule has 0 N–H and O–H groups in total. The number of sulfonamides is 1. The van der Waals surface area contributed by atoms with E-state index in [2.05, 4.69) is 18.8 Å². The van der Waals surface area contributed by atoms with Gasteiger partial charge in [-0.2, -0.15) is 4.31 Å². The molecule has 0 radical (unpaired) electrons. The molecule has 0 amide bonds. The summed E-state index contributed by atoms with van der Waals surface area (Å²) in [6.07, 6.45) is 0. The molecule has 0 bridgehead atoms. The number of rotatable bonds is 5. The van der Waals surface area contributed by atoms with E-state index in [1.165, 1.54) is 47.0 Å². The van der Waals surface area contributed by atoms with Crippen molar-refractivity contribution in [2.24, 2.45) is 0 Å². The van der Waals surface area contributed by atoms with Crippen LogP contribution >= 0.6 is 11.3 Å². The molecule has 132 valence electrons. The van der Waals surface area contributed by atoms with Gasteiger partial charge in [0.25, 0.3) is 0 Å². The van der Waals surface area contributed by atoms with Crippen molar-refractivity contribution in [3.8, 4) is 0 Å². The second kappa shape index (κ2) is 6.70. The van der Waals surface area contributed by atoms with Gasteiger partial charge >= 0.3 is 5.63 Å². The Labute approximate surface area is 149 Å². The maximum absolute atomic E-state index is 12.8. The lowest BCUT2D eigenvalue weighted by molar-refractivity contribution is 0.462. The van der Waals surface area contributed by atoms with E-state index in [4.69, 9.17) is 4.42 Å². The molecule has 0 spiro atoms. The molecule has 2 aromatic heterocycles. The van der Waals surface area contributed by atoms with Crippen molar-refractivity contribution >= 4 is 32.3 Å². The average Bonchev–Trinajstić information content (AvgIpc) is 3.03. The van der Waals surface area contributed by atoms with Gasteiger partial charge in [0.1, 0.15) is 5.58 Å². The van der Waals surface area contributed by atoms with Crippen molar-refractivity contribution in [2.45, 2.75) is 31.2 Å². The normalized spacial score (nSPS) is 12.4. The fourth-order valence-corrected chi connectivity index (χ4v) is 4.37. The molecule has 3 rings (SSSR count). The Hall–Kier alpha value is -2.03. The van der Waals surface area contributed by atoms with Crippen LogP contribution in [-0.2, 0) is 16.6 Å². The van der Waals surface area contributed by atoms with E-state index in [-0.39, 0.29) is 11.4 Å². The van der Waals surface area contributed by atoms with E-state index in [1.807, 2.05) is 5.38 Å². The zero-order valence-corrected chi connectivity index (χ0v) is 15.7. The summed E-state index contributed by atoms with van der Waals surface area (Å²) in [5, 5.41) is 3.43. The Morgan fingerprint density at radius 2 is 2.00 bits per heavy atom. The predicted molar refractivity (Wildman–Crippen MR) is 97.3 cm³/mol. The Balaban J connectivity index is 1.89. The zero-order valence-electron chi connectivity index (χ0n) is 14.1. The molecule has 25 heavy (non-hydrogen) atoms. The van der Waals surface area contributed by atoms with Crippen LogP contribution in [0.1, 0.15) is 30.5 Å². The minimum Gasteiger partial charge on any atom is -0.423 e. The van der Waals surface area contributed by atoms with Crippen LogP contribution in [0.3, 0.4) is 0 Å². The summed E-state index contributed by atoms with van der Waals surface area (Å²) in [5.41, 5.74) is 0.617. The number of fused-ring (bicyclic) bond motifs is 1. The van der Waals surface area contributed by atoms with Gasteiger partial charge in [-0.1, -0.05) is 13.8 Å². The van der Waals surface area contributed by atoms with E-state index < -0.39 is 15.6 Å². The van der Waals surface area contributed by atoms with Crippen LogP contribution in [0.4, 0.5) is 0 Å². The Morgan fingerprint density at radius 3 is 2.68 bits per heavy atom. The molecular weight excluding hydrogens is 360 g/mol. The lowest BCUT2D eigenvalue weighted by atomic mass is 10.2. The third-order valence-electron chi connectivity index (χ3n) is 3.75. The van der Waals surface area contributed by atoms with Gasteiger partial charge in [-0.25, -0.2) is 18.2 Å². The SMILES string of the molecule is CC(C)c1nc(CN(C)S(=O)(=O)c2ccc3oc(=O)ccc3c2)cs1. The number of hydrogen-bond donors (Lipinski definition) is 0. The summed E-state index contributed by atoms with van der Waals surface area (Å²) >= 11 is 1.53. The van der Waals surface area contributed by atoms with Crippen LogP contribution in [0.5, 0.6) is 0 Å². The summed E-state index contributed by atoms with van der Waals surface area (Å²) in [6.45, 7) is 4.31. The predicted octanol–water partition coefficient (Wildman–Crippen LogP) is 3.19. The highest BCUT2D eigenvalue weighted by Gasteiger charge is 2.22. The number of aromatic nitrogens is 1. The van der Waals surface area contributed by atoms with Gasteiger partial charge in [-0.05, 0) is 24.3 Å². The van der Waals surface area contributed by atoms with Crippen LogP contribution in [0, 0.1) is 0 Å². The molecule has 3 aromatic rings. The minimum absolute atomic E-state index is 0.149. The lowest BCUT2D eigenvalue weighted by Gasteiger charge is -2.16. The lowest BCUT2D eigenvalue weighted by Crippen LogP contribution is -2.26. The topological polar surface area (TPSA) is 80.5 Å². The van der Waals surface area contributed by atoms with Gasteiger partial charge in [0.2, 0.25) is 10.0 Å². The Bertz CT molecular complexity index is 1070. The van der Waals surface area contributed by atoms with E-state index in [1.54, 1.807) is 6.07 Å². The second-order valence-corrected chi connectivity index (χ2v) is 8.98. The van der Waals surface area contributed by atoms with Gasteiger partial charge in [-0.15, -0.1) is 11.3 Å². The summed E-state index contributed by atoms with van der Waals surface area (Å²) in [7, 11) is -2.14. The molecule has 0 aliphatic heterocycles. The highest BCUT2D eigenvalue weighted by atomic mass is 32.2. The van der Waals surface area contributed by atoms with Gasteiger partial charge < -0.3 is 4.42 Å². The van der Waals surface area contributed by atoms with Crippen molar-refractivity contribution in [1.82, 2.24) is 9.29 Å². The summed E-state index contributed by atoms with van der Waals surface area (Å²) in [6, 6.07) is 7.26. The molecule has 0 fully saturated rings. The molecule has 0 saturated carbocycles. The number of benzene rings is 1. The highest BCUT2D eigenvalue weighted by Crippen LogP contribution is 2.23. The first kappa shape index (κ1) is 17.8. The monoisotopic (exact) mass is 378 g/mol. The van der Waals surface area contributed by atoms with Gasteiger partial charge in [-0.3, -0.25) is 0 Å². The van der Waals surface area contributed by atoms with Gasteiger partial charge in [0.15, 0.2) is 0 Å².